The van der Waals surface area contributed by atoms with Gasteiger partial charge in [-0.3, -0.25) is 0 Å². The molecule has 5 nitrogen and oxygen atoms in total. The third kappa shape index (κ3) is 5.48. The van der Waals surface area contributed by atoms with Gasteiger partial charge >= 0.3 is 5.97 Å². The molecule has 5 heteroatoms. The normalized spacial score (nSPS) is 10.2. The highest BCUT2D eigenvalue weighted by Crippen LogP contribution is 2.28. The van der Waals surface area contributed by atoms with Crippen LogP contribution >= 0.6 is 0 Å². The van der Waals surface area contributed by atoms with E-state index in [0.29, 0.717) is 31.3 Å². The Morgan fingerprint density at radius 2 is 2.00 bits per heavy atom. The molecule has 0 saturated carbocycles. The van der Waals surface area contributed by atoms with Gasteiger partial charge in [0.25, 0.3) is 0 Å². The highest BCUT2D eigenvalue weighted by molar-refractivity contribution is 5.71. The summed E-state index contributed by atoms with van der Waals surface area (Å²) in [6.45, 7) is 5.19. The number of ether oxygens (including phenoxy) is 3. The summed E-state index contributed by atoms with van der Waals surface area (Å²) in [5, 5.41) is 0. The van der Waals surface area contributed by atoms with Crippen LogP contribution in [0.4, 0.5) is 0 Å². The lowest BCUT2D eigenvalue weighted by atomic mass is 10.2. The fourth-order valence-electron chi connectivity index (χ4n) is 1.58. The molecule has 0 aliphatic rings. The van der Waals surface area contributed by atoms with E-state index in [0.717, 1.165) is 18.4 Å². The standard InChI is InChI=1S/C15H23NO4/c1-3-5-8-19-15(17)11-20-13-7-6-12(10-16)9-14(13)18-4-2/h6-7,9H,3-5,8,10-11,16H2,1-2H3. The van der Waals surface area contributed by atoms with Crippen LogP contribution in [0.2, 0.25) is 0 Å². The number of carbonyl (C=O) groups is 1. The zero-order chi connectivity index (χ0) is 14.8. The highest BCUT2D eigenvalue weighted by atomic mass is 16.6. The van der Waals surface area contributed by atoms with Gasteiger partial charge < -0.3 is 19.9 Å². The molecule has 1 aromatic carbocycles. The molecule has 0 fully saturated rings. The number of hydrogen-bond acceptors (Lipinski definition) is 5. The summed E-state index contributed by atoms with van der Waals surface area (Å²) < 4.78 is 15.9. The molecule has 0 aliphatic carbocycles. The number of unbranched alkanes of at least 4 members (excludes halogenated alkanes) is 1. The molecule has 20 heavy (non-hydrogen) atoms. The van der Waals surface area contributed by atoms with E-state index in [1.807, 2.05) is 26.0 Å². The molecule has 0 spiro atoms. The van der Waals surface area contributed by atoms with Gasteiger partial charge in [-0.2, -0.15) is 0 Å². The van der Waals surface area contributed by atoms with Crippen LogP contribution in [0.5, 0.6) is 11.5 Å². The topological polar surface area (TPSA) is 70.8 Å². The number of benzene rings is 1. The van der Waals surface area contributed by atoms with Crippen LogP contribution in [0.3, 0.4) is 0 Å². The number of nitrogens with two attached hydrogens (primary N) is 1. The minimum Gasteiger partial charge on any atom is -0.490 e. The van der Waals surface area contributed by atoms with Crippen LogP contribution in [-0.2, 0) is 16.1 Å². The predicted molar refractivity (Wildman–Crippen MR) is 76.9 cm³/mol. The van der Waals surface area contributed by atoms with E-state index in [9.17, 15) is 4.79 Å². The predicted octanol–water partition coefficient (Wildman–Crippen LogP) is 2.27. The van der Waals surface area contributed by atoms with Crippen molar-refractivity contribution in [2.45, 2.75) is 33.2 Å². The molecule has 1 aromatic rings. The van der Waals surface area contributed by atoms with Gasteiger partial charge in [-0.25, -0.2) is 4.79 Å². The first-order valence-corrected chi connectivity index (χ1v) is 6.95. The Morgan fingerprint density at radius 1 is 1.20 bits per heavy atom. The first kappa shape index (κ1) is 16.3. The molecule has 0 saturated heterocycles. The Kier molecular flexibility index (Phi) is 7.50. The maximum absolute atomic E-state index is 11.5. The maximum atomic E-state index is 11.5. The Hall–Kier alpha value is -1.75. The summed E-state index contributed by atoms with van der Waals surface area (Å²) in [5.74, 6) is 0.747. The average Bonchev–Trinajstić information content (AvgIpc) is 2.46. The van der Waals surface area contributed by atoms with E-state index in [-0.39, 0.29) is 12.6 Å². The first-order chi connectivity index (χ1) is 9.71. The van der Waals surface area contributed by atoms with Crippen LogP contribution in [0.25, 0.3) is 0 Å². The lowest BCUT2D eigenvalue weighted by Crippen LogP contribution is -2.16. The zero-order valence-electron chi connectivity index (χ0n) is 12.2. The van der Waals surface area contributed by atoms with E-state index in [4.69, 9.17) is 19.9 Å². The molecule has 1 rings (SSSR count). The van der Waals surface area contributed by atoms with Crippen LogP contribution in [0, 0.1) is 0 Å². The van der Waals surface area contributed by atoms with Crippen molar-refractivity contribution in [1.29, 1.82) is 0 Å². The average molecular weight is 281 g/mol. The highest BCUT2D eigenvalue weighted by Gasteiger charge is 2.09. The van der Waals surface area contributed by atoms with E-state index >= 15 is 0 Å². The lowest BCUT2D eigenvalue weighted by molar-refractivity contribution is -0.146. The second-order valence-corrected chi connectivity index (χ2v) is 4.28. The van der Waals surface area contributed by atoms with Gasteiger partial charge in [0, 0.05) is 6.54 Å². The molecule has 0 aromatic heterocycles. The molecular weight excluding hydrogens is 258 g/mol. The number of esters is 1. The zero-order valence-corrected chi connectivity index (χ0v) is 12.2. The quantitative estimate of drug-likeness (QED) is 0.555. The number of hydrogen-bond donors (Lipinski definition) is 1. The van der Waals surface area contributed by atoms with Crippen molar-refractivity contribution >= 4 is 5.97 Å². The molecule has 0 aliphatic heterocycles. The van der Waals surface area contributed by atoms with E-state index < -0.39 is 0 Å². The van der Waals surface area contributed by atoms with E-state index in [1.165, 1.54) is 0 Å². The van der Waals surface area contributed by atoms with Crippen LogP contribution < -0.4 is 15.2 Å². The van der Waals surface area contributed by atoms with Crippen molar-refractivity contribution in [1.82, 2.24) is 0 Å². The molecule has 0 atom stereocenters. The third-order valence-electron chi connectivity index (χ3n) is 2.65. The minimum absolute atomic E-state index is 0.119. The van der Waals surface area contributed by atoms with Crippen LogP contribution in [0.15, 0.2) is 18.2 Å². The van der Waals surface area contributed by atoms with Gasteiger partial charge in [0.2, 0.25) is 0 Å². The fourth-order valence-corrected chi connectivity index (χ4v) is 1.58. The summed E-state index contributed by atoms with van der Waals surface area (Å²) >= 11 is 0. The van der Waals surface area contributed by atoms with Crippen LogP contribution in [0.1, 0.15) is 32.3 Å². The summed E-state index contributed by atoms with van der Waals surface area (Å²) in [6, 6.07) is 5.42. The van der Waals surface area contributed by atoms with Crippen LogP contribution in [-0.4, -0.2) is 25.8 Å². The van der Waals surface area contributed by atoms with Crippen molar-refractivity contribution < 1.29 is 19.0 Å². The van der Waals surface area contributed by atoms with Gasteiger partial charge in [0.15, 0.2) is 18.1 Å². The Labute approximate surface area is 120 Å². The van der Waals surface area contributed by atoms with Gasteiger partial charge in [-0.15, -0.1) is 0 Å². The van der Waals surface area contributed by atoms with Crippen molar-refractivity contribution in [2.75, 3.05) is 19.8 Å². The SMILES string of the molecule is CCCCOC(=O)COc1ccc(CN)cc1OCC. The number of rotatable bonds is 9. The Balaban J connectivity index is 2.55. The van der Waals surface area contributed by atoms with Gasteiger partial charge in [-0.05, 0) is 31.0 Å². The molecule has 0 bridgehead atoms. The molecule has 0 radical (unpaired) electrons. The smallest absolute Gasteiger partial charge is 0.344 e. The maximum Gasteiger partial charge on any atom is 0.344 e. The largest absolute Gasteiger partial charge is 0.490 e. The first-order valence-electron chi connectivity index (χ1n) is 6.95. The monoisotopic (exact) mass is 281 g/mol. The van der Waals surface area contributed by atoms with Gasteiger partial charge in [0.05, 0.1) is 13.2 Å². The molecule has 0 heterocycles. The molecule has 0 unspecified atom stereocenters. The van der Waals surface area contributed by atoms with Crippen molar-refractivity contribution in [2.24, 2.45) is 5.73 Å². The summed E-state index contributed by atoms with van der Waals surface area (Å²) in [4.78, 5) is 11.5. The molecular formula is C15H23NO4. The van der Waals surface area contributed by atoms with Gasteiger partial charge in [-0.1, -0.05) is 19.4 Å². The fraction of sp³-hybridized carbons (Fsp3) is 0.533. The second-order valence-electron chi connectivity index (χ2n) is 4.28. The second kappa shape index (κ2) is 9.20. The van der Waals surface area contributed by atoms with E-state index in [2.05, 4.69) is 0 Å². The van der Waals surface area contributed by atoms with Gasteiger partial charge in [0.1, 0.15) is 0 Å². The molecule has 0 amide bonds. The number of carbonyl (C=O) groups excluding carboxylic acids is 1. The minimum atomic E-state index is -0.371. The molecule has 112 valence electrons. The van der Waals surface area contributed by atoms with Crippen molar-refractivity contribution in [3.63, 3.8) is 0 Å². The Bertz CT molecular complexity index is 420. The summed E-state index contributed by atoms with van der Waals surface area (Å²) in [5.41, 5.74) is 6.53. The Morgan fingerprint density at radius 3 is 2.65 bits per heavy atom. The lowest BCUT2D eigenvalue weighted by Gasteiger charge is -2.12. The van der Waals surface area contributed by atoms with E-state index in [1.54, 1.807) is 6.07 Å². The van der Waals surface area contributed by atoms with Crippen molar-refractivity contribution in [3.8, 4) is 11.5 Å². The summed E-state index contributed by atoms with van der Waals surface area (Å²) in [6.07, 6.45) is 1.85. The third-order valence-corrected chi connectivity index (χ3v) is 2.65. The summed E-state index contributed by atoms with van der Waals surface area (Å²) in [7, 11) is 0. The molecule has 2 N–H and O–H groups in total. The van der Waals surface area contributed by atoms with Crippen molar-refractivity contribution in [3.05, 3.63) is 23.8 Å².